The zero-order valence-electron chi connectivity index (χ0n) is 15.3. The van der Waals surface area contributed by atoms with E-state index < -0.39 is 55.9 Å². The summed E-state index contributed by atoms with van der Waals surface area (Å²) < 4.78 is 0. The second-order valence-corrected chi connectivity index (χ2v) is 3.73. The summed E-state index contributed by atoms with van der Waals surface area (Å²) in [7, 11) is 0. The van der Waals surface area contributed by atoms with E-state index >= 15 is 0 Å². The van der Waals surface area contributed by atoms with Gasteiger partial charge in [-0.2, -0.15) is 0 Å². The summed E-state index contributed by atoms with van der Waals surface area (Å²) in [5.41, 5.74) is 0. The topological polar surface area (TPSA) is 388 Å². The molecule has 0 aliphatic heterocycles. The molecule has 0 heterocycles. The van der Waals surface area contributed by atoms with Crippen LogP contribution in [0.1, 0.15) is 6.92 Å². The van der Waals surface area contributed by atoms with Crippen LogP contribution < -0.4 is 0 Å². The van der Waals surface area contributed by atoms with Gasteiger partial charge in [-0.25, -0.2) is 0 Å². The third kappa shape index (κ3) is 118. The lowest BCUT2D eigenvalue weighted by atomic mass is 10.4. The molecule has 26 nitrogen and oxygen atoms in total. The van der Waals surface area contributed by atoms with Crippen molar-refractivity contribution in [1.82, 2.24) is 0 Å². The lowest BCUT2D eigenvalue weighted by Gasteiger charge is -2.11. The lowest BCUT2D eigenvalue weighted by molar-refractivity contribution is -0.803. The van der Waals surface area contributed by atoms with E-state index in [9.17, 15) is 30.3 Å². The Hall–Kier alpha value is -4.88. The molecular weight excluding hydrogens is 476 g/mol. The predicted octanol–water partition coefficient (Wildman–Crippen LogP) is -2.70. The normalized spacial score (nSPS) is 9.00. The zero-order valence-corrected chi connectivity index (χ0v) is 15.3. The first-order valence-electron chi connectivity index (χ1n) is 6.53. The first-order valence-corrected chi connectivity index (χ1v) is 6.53. The molecule has 5 N–H and O–H groups in total. The molecule has 0 rings (SSSR count). The van der Waals surface area contributed by atoms with Gasteiger partial charge in [0.2, 0.25) is 0 Å². The van der Waals surface area contributed by atoms with Crippen molar-refractivity contribution in [3.63, 3.8) is 0 Å². The molecule has 0 saturated carbocycles. The van der Waals surface area contributed by atoms with Crippen LogP contribution in [-0.4, -0.2) is 88.4 Å². The molecule has 190 valence electrons. The lowest BCUT2D eigenvalue weighted by Crippen LogP contribution is -2.30. The van der Waals surface area contributed by atoms with Gasteiger partial charge < -0.3 is 40.3 Å². The molecule has 0 saturated heterocycles. The van der Waals surface area contributed by atoms with E-state index in [1.807, 2.05) is 0 Å². The van der Waals surface area contributed by atoms with Gasteiger partial charge in [0, 0.05) is 0 Å². The van der Waals surface area contributed by atoms with Crippen LogP contribution >= 0.6 is 0 Å². The van der Waals surface area contributed by atoms with E-state index in [0.717, 1.165) is 0 Å². The Bertz CT molecular complexity index is 494. The van der Waals surface area contributed by atoms with Crippen LogP contribution in [0.25, 0.3) is 0 Å². The van der Waals surface area contributed by atoms with Crippen molar-refractivity contribution in [2.24, 2.45) is 0 Å². The summed E-state index contributed by atoms with van der Waals surface area (Å²) in [4.78, 5) is 65.6. The average molecular weight is 492 g/mol. The molecule has 1 unspecified atom stereocenters. The Balaban J connectivity index is -0.000000116. The maximum absolute atomic E-state index is 9.83. The molecule has 0 bridgehead atoms. The van der Waals surface area contributed by atoms with Crippen LogP contribution in [0.15, 0.2) is 0 Å². The summed E-state index contributed by atoms with van der Waals surface area (Å²) in [5.74, 6) is 0. The molecule has 0 amide bonds. The highest BCUT2D eigenvalue weighted by Gasteiger charge is 2.17. The van der Waals surface area contributed by atoms with Crippen molar-refractivity contribution in [3.8, 4) is 0 Å². The summed E-state index contributed by atoms with van der Waals surface area (Å²) in [6, 6.07) is 0. The van der Waals surface area contributed by atoms with E-state index in [2.05, 4.69) is 14.5 Å². The molecule has 32 heavy (non-hydrogen) atoms. The second kappa shape index (κ2) is 26.1. The maximum Gasteiger partial charge on any atom is 0.294 e. The van der Waals surface area contributed by atoms with Crippen molar-refractivity contribution in [1.29, 1.82) is 0 Å². The van der Waals surface area contributed by atoms with Crippen LogP contribution in [0.4, 0.5) is 0 Å². The molecule has 26 heteroatoms. The van der Waals surface area contributed by atoms with Crippen molar-refractivity contribution in [2.75, 3.05) is 19.8 Å². The Kier molecular flexibility index (Phi) is 30.9. The minimum absolute atomic E-state index is 0.139. The van der Waals surface area contributed by atoms with E-state index in [1.54, 1.807) is 0 Å². The fourth-order valence-electron chi connectivity index (χ4n) is 0.519. The molecule has 0 aromatic rings. The van der Waals surface area contributed by atoms with Gasteiger partial charge in [0.15, 0.2) is 6.10 Å². The van der Waals surface area contributed by atoms with Crippen molar-refractivity contribution in [3.05, 3.63) is 60.7 Å². The summed E-state index contributed by atoms with van der Waals surface area (Å²) in [5, 5.41) is 82.5. The van der Waals surface area contributed by atoms with Gasteiger partial charge in [0.1, 0.15) is 13.2 Å². The SMILES string of the molecule is CC(O)CO.O=[N+]([O-])O.O=[N+]([O-])O.O=[N+]([O-])O.O=[N+]([O-])OCC(CO[N+](=O)[O-])O[N+](=O)[O-]. The Labute approximate surface area is 172 Å². The second-order valence-electron chi connectivity index (χ2n) is 3.73. The molecule has 0 aliphatic carbocycles. The molecule has 1 atom stereocenters. The molecule has 0 radical (unpaired) electrons. The van der Waals surface area contributed by atoms with E-state index in [-0.39, 0.29) is 6.61 Å². The fraction of sp³-hybridized carbons (Fsp3) is 1.00. The van der Waals surface area contributed by atoms with Gasteiger partial charge in [-0.05, 0) is 6.92 Å². The van der Waals surface area contributed by atoms with Crippen molar-refractivity contribution < 1.29 is 70.9 Å². The molecule has 0 spiro atoms. The van der Waals surface area contributed by atoms with E-state index in [0.29, 0.717) is 0 Å². The highest BCUT2D eigenvalue weighted by atomic mass is 17.0. The number of aliphatic hydroxyl groups excluding tert-OH is 2. The third-order valence-electron chi connectivity index (χ3n) is 1.23. The van der Waals surface area contributed by atoms with Gasteiger partial charge in [0.05, 0.1) is 12.7 Å². The summed E-state index contributed by atoms with van der Waals surface area (Å²) in [6.07, 6.45) is -2.11. The number of aliphatic hydroxyl groups is 2. The molecular formula is C6H16N6O20. The van der Waals surface area contributed by atoms with Crippen LogP contribution in [0.5, 0.6) is 0 Å². The van der Waals surface area contributed by atoms with Crippen molar-refractivity contribution >= 4 is 0 Å². The summed E-state index contributed by atoms with van der Waals surface area (Å²) in [6.45, 7) is -0.302. The minimum atomic E-state index is -1.55. The van der Waals surface area contributed by atoms with Gasteiger partial charge in [-0.1, -0.05) is 0 Å². The highest BCUT2D eigenvalue weighted by Crippen LogP contribution is 1.96. The first kappa shape index (κ1) is 37.8. The van der Waals surface area contributed by atoms with Gasteiger partial charge >= 0.3 is 0 Å². The highest BCUT2D eigenvalue weighted by molar-refractivity contribution is 4.49. The van der Waals surface area contributed by atoms with Crippen LogP contribution in [0.2, 0.25) is 0 Å². The monoisotopic (exact) mass is 492 g/mol. The number of rotatable bonds is 9. The zero-order chi connectivity index (χ0) is 26.9. The average Bonchev–Trinajstić information content (AvgIpc) is 2.55. The standard InChI is InChI=1S/C3H5N3O9.C3H8O2.3HNO3/c7-4(8)13-1-3(15-6(11)12)2-14-5(9)10;1-3(5)2-4;3*2-1(3)4/h3H,1-2H2;3-5H,2H2,1H3;3*(H,2,3,4). The molecule has 0 aliphatic rings. The molecule has 0 aromatic heterocycles. The van der Waals surface area contributed by atoms with Gasteiger partial charge in [-0.3, -0.25) is 0 Å². The third-order valence-corrected chi connectivity index (χ3v) is 1.23. The van der Waals surface area contributed by atoms with Crippen LogP contribution in [-0.2, 0) is 14.5 Å². The minimum Gasteiger partial charge on any atom is -0.394 e. The van der Waals surface area contributed by atoms with Gasteiger partial charge in [0.25, 0.3) is 30.5 Å². The largest absolute Gasteiger partial charge is 0.394 e. The number of nitrogens with zero attached hydrogens (tertiary/aromatic N) is 6. The fourth-order valence-corrected chi connectivity index (χ4v) is 0.519. The Morgan fingerprint density at radius 1 is 0.688 bits per heavy atom. The Morgan fingerprint density at radius 3 is 1.03 bits per heavy atom. The van der Waals surface area contributed by atoms with Gasteiger partial charge in [-0.15, -0.1) is 60.7 Å². The van der Waals surface area contributed by atoms with E-state index in [1.165, 1.54) is 6.92 Å². The van der Waals surface area contributed by atoms with Crippen LogP contribution in [0.3, 0.4) is 0 Å². The van der Waals surface area contributed by atoms with Crippen LogP contribution in [0, 0.1) is 60.7 Å². The predicted molar refractivity (Wildman–Crippen MR) is 82.9 cm³/mol. The number of hydrogen-bond donors (Lipinski definition) is 5. The number of hydrogen-bond acceptors (Lipinski definition) is 17. The van der Waals surface area contributed by atoms with Crippen molar-refractivity contribution in [2.45, 2.75) is 19.1 Å². The smallest absolute Gasteiger partial charge is 0.294 e. The summed E-state index contributed by atoms with van der Waals surface area (Å²) >= 11 is 0. The Morgan fingerprint density at radius 2 is 0.906 bits per heavy atom. The molecule has 0 fully saturated rings. The maximum atomic E-state index is 9.83. The van der Waals surface area contributed by atoms with E-state index in [4.69, 9.17) is 56.2 Å². The molecule has 0 aromatic carbocycles. The quantitative estimate of drug-likeness (QED) is 0.161. The first-order chi connectivity index (χ1) is 14.4.